The zero-order chi connectivity index (χ0) is 13.8. The van der Waals surface area contributed by atoms with Crippen LogP contribution in [-0.2, 0) is 0 Å². The molecule has 102 valence electrons. The molecule has 1 heterocycles. The van der Waals surface area contributed by atoms with E-state index in [1.807, 2.05) is 6.92 Å². The summed E-state index contributed by atoms with van der Waals surface area (Å²) in [6.45, 7) is 5.10. The van der Waals surface area contributed by atoms with Crippen molar-refractivity contribution in [3.8, 4) is 10.6 Å². The predicted octanol–water partition coefficient (Wildman–Crippen LogP) is 4.06. The van der Waals surface area contributed by atoms with Crippen LogP contribution in [-0.4, -0.2) is 16.7 Å². The van der Waals surface area contributed by atoms with Crippen molar-refractivity contribution in [1.82, 2.24) is 15.5 Å². The molecule has 0 spiro atoms. The number of halogens is 2. The van der Waals surface area contributed by atoms with Crippen LogP contribution in [0.4, 0.5) is 4.39 Å². The molecule has 2 aromatic rings. The third-order valence-electron chi connectivity index (χ3n) is 2.67. The first-order chi connectivity index (χ1) is 9.11. The van der Waals surface area contributed by atoms with Crippen molar-refractivity contribution in [2.24, 2.45) is 0 Å². The highest BCUT2D eigenvalue weighted by Crippen LogP contribution is 2.32. The topological polar surface area (TPSA) is 37.8 Å². The molecule has 0 saturated carbocycles. The maximum Gasteiger partial charge on any atom is 0.149 e. The number of nitrogens with zero attached hydrogens (tertiary/aromatic N) is 2. The van der Waals surface area contributed by atoms with E-state index in [1.165, 1.54) is 23.5 Å². The van der Waals surface area contributed by atoms with E-state index in [0.29, 0.717) is 10.0 Å². The Morgan fingerprint density at radius 3 is 2.89 bits per heavy atom. The van der Waals surface area contributed by atoms with E-state index >= 15 is 0 Å². The Labute approximate surface area is 120 Å². The molecule has 0 fully saturated rings. The van der Waals surface area contributed by atoms with E-state index in [-0.39, 0.29) is 11.9 Å². The lowest BCUT2D eigenvalue weighted by atomic mass is 10.2. The van der Waals surface area contributed by atoms with Crippen molar-refractivity contribution >= 4 is 22.9 Å². The second-order valence-corrected chi connectivity index (χ2v) is 5.66. The van der Waals surface area contributed by atoms with Gasteiger partial charge in [0, 0.05) is 5.56 Å². The minimum absolute atomic E-state index is 0.158. The highest BCUT2D eigenvalue weighted by molar-refractivity contribution is 7.14. The fourth-order valence-electron chi connectivity index (χ4n) is 1.63. The average molecular weight is 300 g/mol. The van der Waals surface area contributed by atoms with Gasteiger partial charge in [-0.05, 0) is 38.1 Å². The first-order valence-electron chi connectivity index (χ1n) is 6.14. The Morgan fingerprint density at radius 1 is 1.42 bits per heavy atom. The van der Waals surface area contributed by atoms with Crippen LogP contribution in [0.15, 0.2) is 18.2 Å². The second-order valence-electron chi connectivity index (χ2n) is 4.25. The summed E-state index contributed by atoms with van der Waals surface area (Å²) in [6, 6.07) is 4.45. The largest absolute Gasteiger partial charge is 0.308 e. The highest BCUT2D eigenvalue weighted by Gasteiger charge is 2.14. The van der Waals surface area contributed by atoms with Gasteiger partial charge < -0.3 is 5.32 Å². The molecular weight excluding hydrogens is 285 g/mol. The summed E-state index contributed by atoms with van der Waals surface area (Å²) in [5, 5.41) is 13.6. The zero-order valence-electron chi connectivity index (χ0n) is 10.8. The molecule has 1 atom stereocenters. The summed E-state index contributed by atoms with van der Waals surface area (Å²) in [5.74, 6) is -0.350. The number of hydrogen-bond donors (Lipinski definition) is 1. The number of nitrogens with one attached hydrogen (secondary N) is 1. The van der Waals surface area contributed by atoms with Gasteiger partial charge in [-0.1, -0.05) is 29.9 Å². The quantitative estimate of drug-likeness (QED) is 0.905. The maximum atomic E-state index is 13.0. The normalized spacial score (nSPS) is 12.6. The number of aromatic nitrogens is 2. The molecule has 0 aliphatic heterocycles. The highest BCUT2D eigenvalue weighted by atomic mass is 35.5. The summed E-state index contributed by atoms with van der Waals surface area (Å²) in [7, 11) is 0. The molecule has 2 rings (SSSR count). The van der Waals surface area contributed by atoms with Gasteiger partial charge >= 0.3 is 0 Å². The fraction of sp³-hybridized carbons (Fsp3) is 0.385. The molecule has 0 aliphatic carbocycles. The smallest absolute Gasteiger partial charge is 0.149 e. The van der Waals surface area contributed by atoms with Gasteiger partial charge in [-0.2, -0.15) is 0 Å². The molecule has 1 unspecified atom stereocenters. The third kappa shape index (κ3) is 3.49. The molecule has 0 bridgehead atoms. The van der Waals surface area contributed by atoms with Crippen LogP contribution in [0.3, 0.4) is 0 Å². The minimum Gasteiger partial charge on any atom is -0.308 e. The SMILES string of the molecule is CCCNC(C)c1nnc(-c2ccc(F)cc2Cl)s1. The first kappa shape index (κ1) is 14.4. The van der Waals surface area contributed by atoms with Crippen LogP contribution < -0.4 is 5.32 Å². The Hall–Kier alpha value is -1.04. The molecule has 0 amide bonds. The van der Waals surface area contributed by atoms with Crippen LogP contribution in [0.5, 0.6) is 0 Å². The summed E-state index contributed by atoms with van der Waals surface area (Å²) in [4.78, 5) is 0. The zero-order valence-corrected chi connectivity index (χ0v) is 12.4. The van der Waals surface area contributed by atoms with E-state index in [4.69, 9.17) is 11.6 Å². The van der Waals surface area contributed by atoms with Crippen molar-refractivity contribution in [3.05, 3.63) is 34.0 Å². The van der Waals surface area contributed by atoms with Crippen LogP contribution >= 0.6 is 22.9 Å². The minimum atomic E-state index is -0.350. The molecule has 0 saturated heterocycles. The van der Waals surface area contributed by atoms with Crippen molar-refractivity contribution in [3.63, 3.8) is 0 Å². The molecule has 19 heavy (non-hydrogen) atoms. The number of rotatable bonds is 5. The molecule has 0 aliphatic rings. The first-order valence-corrected chi connectivity index (χ1v) is 7.33. The Morgan fingerprint density at radius 2 is 2.21 bits per heavy atom. The lowest BCUT2D eigenvalue weighted by Crippen LogP contribution is -2.18. The van der Waals surface area contributed by atoms with Gasteiger partial charge in [-0.3, -0.25) is 0 Å². The summed E-state index contributed by atoms with van der Waals surface area (Å²) in [5.41, 5.74) is 0.717. The van der Waals surface area contributed by atoms with Gasteiger partial charge in [-0.25, -0.2) is 4.39 Å². The van der Waals surface area contributed by atoms with E-state index in [1.54, 1.807) is 6.07 Å². The van der Waals surface area contributed by atoms with E-state index in [0.717, 1.165) is 23.5 Å². The van der Waals surface area contributed by atoms with Crippen LogP contribution in [0.25, 0.3) is 10.6 Å². The molecule has 1 aromatic heterocycles. The molecule has 6 heteroatoms. The Bertz CT molecular complexity index is 559. The van der Waals surface area contributed by atoms with Crippen molar-refractivity contribution in [1.29, 1.82) is 0 Å². The standard InChI is InChI=1S/C13H15ClFN3S/c1-3-6-16-8(2)12-17-18-13(19-12)10-5-4-9(15)7-11(10)14/h4-5,7-8,16H,3,6H2,1-2H3. The van der Waals surface area contributed by atoms with Gasteiger partial charge in [0.05, 0.1) is 11.1 Å². The monoisotopic (exact) mass is 299 g/mol. The lowest BCUT2D eigenvalue weighted by molar-refractivity contribution is 0.564. The Kier molecular flexibility index (Phi) is 4.85. The maximum absolute atomic E-state index is 13.0. The number of benzene rings is 1. The van der Waals surface area contributed by atoms with Crippen molar-refractivity contribution in [2.75, 3.05) is 6.54 Å². The Balaban J connectivity index is 2.20. The molecular formula is C13H15ClFN3S. The van der Waals surface area contributed by atoms with Gasteiger partial charge in [0.2, 0.25) is 0 Å². The van der Waals surface area contributed by atoms with Gasteiger partial charge in [0.25, 0.3) is 0 Å². The number of hydrogen-bond acceptors (Lipinski definition) is 4. The summed E-state index contributed by atoms with van der Waals surface area (Å²) in [6.07, 6.45) is 1.07. The van der Waals surface area contributed by atoms with E-state index in [2.05, 4.69) is 22.4 Å². The summed E-state index contributed by atoms with van der Waals surface area (Å²) < 4.78 is 13.0. The summed E-state index contributed by atoms with van der Waals surface area (Å²) >= 11 is 7.49. The van der Waals surface area contributed by atoms with Gasteiger partial charge in [0.15, 0.2) is 0 Å². The molecule has 1 N–H and O–H groups in total. The van der Waals surface area contributed by atoms with Gasteiger partial charge in [-0.15, -0.1) is 10.2 Å². The van der Waals surface area contributed by atoms with Crippen LogP contribution in [0.2, 0.25) is 5.02 Å². The van der Waals surface area contributed by atoms with Gasteiger partial charge in [0.1, 0.15) is 15.8 Å². The average Bonchev–Trinajstić information content (AvgIpc) is 2.85. The van der Waals surface area contributed by atoms with Crippen LogP contribution in [0, 0.1) is 5.82 Å². The van der Waals surface area contributed by atoms with Crippen molar-refractivity contribution in [2.45, 2.75) is 26.3 Å². The lowest BCUT2D eigenvalue weighted by Gasteiger charge is -2.08. The van der Waals surface area contributed by atoms with E-state index in [9.17, 15) is 4.39 Å². The molecule has 1 aromatic carbocycles. The van der Waals surface area contributed by atoms with Crippen LogP contribution in [0.1, 0.15) is 31.3 Å². The van der Waals surface area contributed by atoms with Crippen molar-refractivity contribution < 1.29 is 4.39 Å². The molecule has 3 nitrogen and oxygen atoms in total. The predicted molar refractivity (Wildman–Crippen MR) is 77.0 cm³/mol. The fourth-order valence-corrected chi connectivity index (χ4v) is 2.85. The molecule has 0 radical (unpaired) electrons. The second kappa shape index (κ2) is 6.41. The third-order valence-corrected chi connectivity index (χ3v) is 4.13. The van der Waals surface area contributed by atoms with E-state index < -0.39 is 0 Å².